The molecular weight excluding hydrogens is 428 g/mol. The first-order valence-corrected chi connectivity index (χ1v) is 11.9. The third-order valence-corrected chi connectivity index (χ3v) is 7.69. The average Bonchev–Trinajstić information content (AvgIpc) is 3.12. The smallest absolute Gasteiger partial charge is 0.279 e. The standard InChI is InChI=1S/C28H32N2O4/c1-24(2)19-32-28(29-24)26(5)27(33-26,21-15-10-7-11-16-21)23(22-17-12-18-31-22)30(34-28)25(3,4)20-13-8-6-9-14-20/h6-18,23,29H,19H2,1-5H3/t23-,26-,27-,28+/m0/s1. The fourth-order valence-electron chi connectivity index (χ4n) is 5.82. The molecule has 4 atom stereocenters. The zero-order chi connectivity index (χ0) is 23.8. The van der Waals surface area contributed by atoms with Gasteiger partial charge in [0.1, 0.15) is 11.8 Å². The molecule has 178 valence electrons. The van der Waals surface area contributed by atoms with Crippen LogP contribution in [0.25, 0.3) is 0 Å². The van der Waals surface area contributed by atoms with Gasteiger partial charge in [0.05, 0.1) is 18.4 Å². The monoisotopic (exact) mass is 460 g/mol. The highest BCUT2D eigenvalue weighted by molar-refractivity contribution is 5.42. The van der Waals surface area contributed by atoms with Gasteiger partial charge < -0.3 is 13.9 Å². The van der Waals surface area contributed by atoms with Gasteiger partial charge in [0.15, 0.2) is 11.2 Å². The van der Waals surface area contributed by atoms with Crippen LogP contribution in [0.2, 0.25) is 0 Å². The lowest BCUT2D eigenvalue weighted by atomic mass is 9.75. The van der Waals surface area contributed by atoms with E-state index in [1.807, 2.05) is 41.5 Å². The summed E-state index contributed by atoms with van der Waals surface area (Å²) in [5.41, 5.74) is -0.202. The topological polar surface area (TPSA) is 59.4 Å². The zero-order valence-corrected chi connectivity index (χ0v) is 20.4. The van der Waals surface area contributed by atoms with Gasteiger partial charge in [0.25, 0.3) is 5.91 Å². The number of furan rings is 1. The van der Waals surface area contributed by atoms with E-state index in [9.17, 15) is 0 Å². The fourth-order valence-corrected chi connectivity index (χ4v) is 5.82. The van der Waals surface area contributed by atoms with Crippen LogP contribution in [0.5, 0.6) is 0 Å². The van der Waals surface area contributed by atoms with Gasteiger partial charge in [-0.2, -0.15) is 5.06 Å². The maximum Gasteiger partial charge on any atom is 0.279 e. The van der Waals surface area contributed by atoms with Crippen molar-refractivity contribution in [2.24, 2.45) is 0 Å². The number of benzene rings is 2. The number of ether oxygens (including phenoxy) is 2. The molecule has 0 saturated carbocycles. The number of fused-ring (bicyclic) bond motifs is 2. The molecule has 0 bridgehead atoms. The van der Waals surface area contributed by atoms with E-state index in [0.29, 0.717) is 6.61 Å². The Morgan fingerprint density at radius 2 is 1.59 bits per heavy atom. The molecule has 3 saturated heterocycles. The van der Waals surface area contributed by atoms with Crippen LogP contribution < -0.4 is 5.32 Å². The molecular formula is C28H32N2O4. The molecule has 4 heterocycles. The number of hydroxylamine groups is 2. The van der Waals surface area contributed by atoms with Gasteiger partial charge in [-0.15, -0.1) is 0 Å². The molecule has 0 amide bonds. The number of nitrogens with zero attached hydrogens (tertiary/aromatic N) is 1. The van der Waals surface area contributed by atoms with Gasteiger partial charge in [-0.1, -0.05) is 60.7 Å². The van der Waals surface area contributed by atoms with Crippen LogP contribution in [0, 0.1) is 0 Å². The zero-order valence-electron chi connectivity index (χ0n) is 20.4. The highest BCUT2D eigenvalue weighted by atomic mass is 16.9. The van der Waals surface area contributed by atoms with E-state index < -0.39 is 22.7 Å². The first kappa shape index (κ1) is 22.0. The van der Waals surface area contributed by atoms with E-state index in [1.54, 1.807) is 6.26 Å². The minimum atomic E-state index is -1.17. The molecule has 1 aromatic heterocycles. The predicted molar refractivity (Wildman–Crippen MR) is 127 cm³/mol. The maximum atomic E-state index is 6.94. The van der Waals surface area contributed by atoms with Crippen molar-refractivity contribution in [2.75, 3.05) is 6.61 Å². The lowest BCUT2D eigenvalue weighted by molar-refractivity contribution is -0.417. The predicted octanol–water partition coefficient (Wildman–Crippen LogP) is 5.24. The molecule has 3 aromatic rings. The van der Waals surface area contributed by atoms with Crippen molar-refractivity contribution in [1.82, 2.24) is 10.4 Å². The van der Waals surface area contributed by atoms with Crippen molar-refractivity contribution in [1.29, 1.82) is 0 Å². The van der Waals surface area contributed by atoms with Crippen LogP contribution in [-0.2, 0) is 25.5 Å². The summed E-state index contributed by atoms with van der Waals surface area (Å²) in [6.07, 6.45) is 1.71. The number of epoxide rings is 1. The van der Waals surface area contributed by atoms with Crippen molar-refractivity contribution in [2.45, 2.75) is 68.9 Å². The largest absolute Gasteiger partial charge is 0.467 e. The van der Waals surface area contributed by atoms with E-state index in [0.717, 1.165) is 16.9 Å². The minimum absolute atomic E-state index is 0.280. The van der Waals surface area contributed by atoms with Crippen molar-refractivity contribution in [3.05, 3.63) is 95.9 Å². The Labute approximate surface area is 200 Å². The van der Waals surface area contributed by atoms with Crippen LogP contribution >= 0.6 is 0 Å². The van der Waals surface area contributed by atoms with Crippen LogP contribution in [0.15, 0.2) is 83.5 Å². The second-order valence-electron chi connectivity index (χ2n) is 10.9. The van der Waals surface area contributed by atoms with E-state index >= 15 is 0 Å². The SMILES string of the molecule is CC1(C)CO[C@@]2(N1)ON(C(C)(C)c1ccccc1)[C@@H](c1ccco1)[C@]1(c3ccccc3)O[C@]21C. The van der Waals surface area contributed by atoms with Crippen LogP contribution in [0.4, 0.5) is 0 Å². The average molecular weight is 461 g/mol. The van der Waals surface area contributed by atoms with Crippen molar-refractivity contribution in [3.8, 4) is 0 Å². The first-order chi connectivity index (χ1) is 16.2. The summed E-state index contributed by atoms with van der Waals surface area (Å²) >= 11 is 0. The molecule has 3 fully saturated rings. The fraction of sp³-hybridized carbons (Fsp3) is 0.429. The van der Waals surface area contributed by atoms with Crippen molar-refractivity contribution in [3.63, 3.8) is 0 Å². The third-order valence-electron chi connectivity index (χ3n) is 7.69. The summed E-state index contributed by atoms with van der Waals surface area (Å²) in [5.74, 6) is -0.384. The number of rotatable bonds is 4. The van der Waals surface area contributed by atoms with Crippen LogP contribution in [-0.4, -0.2) is 28.7 Å². The molecule has 6 rings (SSSR count). The Kier molecular flexibility index (Phi) is 4.55. The summed E-state index contributed by atoms with van der Waals surface area (Å²) < 4.78 is 19.4. The van der Waals surface area contributed by atoms with E-state index in [1.165, 1.54) is 0 Å². The lowest BCUT2D eigenvalue weighted by Gasteiger charge is -2.52. The molecule has 6 heteroatoms. The first-order valence-electron chi connectivity index (χ1n) is 11.9. The van der Waals surface area contributed by atoms with Gasteiger partial charge in [-0.25, -0.2) is 4.84 Å². The second kappa shape index (κ2) is 7.03. The summed E-state index contributed by atoms with van der Waals surface area (Å²) in [5, 5.41) is 5.67. The molecule has 0 unspecified atom stereocenters. The van der Waals surface area contributed by atoms with Gasteiger partial charge in [0.2, 0.25) is 0 Å². The number of hydrogen-bond donors (Lipinski definition) is 1. The van der Waals surface area contributed by atoms with Gasteiger partial charge >= 0.3 is 0 Å². The van der Waals surface area contributed by atoms with Crippen LogP contribution in [0.1, 0.15) is 57.5 Å². The third kappa shape index (κ3) is 2.81. The maximum absolute atomic E-state index is 6.94. The Hall–Kier alpha value is -2.48. The molecule has 0 radical (unpaired) electrons. The molecule has 1 N–H and O–H groups in total. The number of nitrogens with one attached hydrogen (secondary N) is 1. The molecule has 0 aliphatic carbocycles. The van der Waals surface area contributed by atoms with Crippen molar-refractivity contribution >= 4 is 0 Å². The molecule has 2 aromatic carbocycles. The quantitative estimate of drug-likeness (QED) is 0.538. The van der Waals surface area contributed by atoms with Crippen molar-refractivity contribution < 1.29 is 18.7 Å². The molecule has 6 nitrogen and oxygen atoms in total. The van der Waals surface area contributed by atoms with E-state index in [2.05, 4.69) is 76.3 Å². The van der Waals surface area contributed by atoms with Gasteiger partial charge in [-0.05, 0) is 57.9 Å². The Bertz CT molecular complexity index is 1180. The van der Waals surface area contributed by atoms with Gasteiger partial charge in [0, 0.05) is 5.54 Å². The summed E-state index contributed by atoms with van der Waals surface area (Å²) in [6, 6.07) is 24.3. The van der Waals surface area contributed by atoms with E-state index in [4.69, 9.17) is 18.7 Å². The number of hydrogen-bond acceptors (Lipinski definition) is 6. The van der Waals surface area contributed by atoms with Crippen LogP contribution in [0.3, 0.4) is 0 Å². The molecule has 3 aliphatic rings. The van der Waals surface area contributed by atoms with E-state index in [-0.39, 0.29) is 11.6 Å². The Morgan fingerprint density at radius 1 is 0.912 bits per heavy atom. The molecule has 34 heavy (non-hydrogen) atoms. The second-order valence-corrected chi connectivity index (χ2v) is 10.9. The Balaban J connectivity index is 1.59. The Morgan fingerprint density at radius 3 is 2.18 bits per heavy atom. The lowest BCUT2D eigenvalue weighted by Crippen LogP contribution is -2.69. The normalized spacial score (nSPS) is 34.8. The minimum Gasteiger partial charge on any atom is -0.467 e. The molecule has 1 spiro atoms. The summed E-state index contributed by atoms with van der Waals surface area (Å²) in [6.45, 7) is 11.1. The van der Waals surface area contributed by atoms with Gasteiger partial charge in [-0.3, -0.25) is 5.32 Å². The molecule has 3 aliphatic heterocycles. The highest BCUT2D eigenvalue weighted by Crippen LogP contribution is 2.73. The summed E-state index contributed by atoms with van der Waals surface area (Å²) in [7, 11) is 0. The summed E-state index contributed by atoms with van der Waals surface area (Å²) in [4.78, 5) is 6.94. The highest BCUT2D eigenvalue weighted by Gasteiger charge is 2.88.